The van der Waals surface area contributed by atoms with E-state index in [1.807, 2.05) is 22.6 Å². The zero-order chi connectivity index (χ0) is 15.7. The molecule has 0 saturated heterocycles. The van der Waals surface area contributed by atoms with Crippen molar-refractivity contribution >= 4 is 42.5 Å². The summed E-state index contributed by atoms with van der Waals surface area (Å²) < 4.78 is 53.1. The first-order chi connectivity index (χ1) is 9.68. The molecule has 0 unspecified atom stereocenters. The molecular formula is C13H11IO5S2. The molecule has 0 saturated carbocycles. The van der Waals surface area contributed by atoms with Gasteiger partial charge in [-0.25, -0.2) is 8.42 Å². The monoisotopic (exact) mass is 438 g/mol. The van der Waals surface area contributed by atoms with E-state index in [2.05, 4.69) is 0 Å². The summed E-state index contributed by atoms with van der Waals surface area (Å²) in [4.78, 5) is -0.279. The Morgan fingerprint density at radius 3 is 2.14 bits per heavy atom. The molecule has 0 aliphatic rings. The second kappa shape index (κ2) is 5.93. The average Bonchev–Trinajstić information content (AvgIpc) is 2.37. The summed E-state index contributed by atoms with van der Waals surface area (Å²) in [5.74, 6) is 0.173. The van der Waals surface area contributed by atoms with Crippen molar-refractivity contribution in [3.8, 4) is 5.75 Å². The first kappa shape index (κ1) is 16.2. The summed E-state index contributed by atoms with van der Waals surface area (Å²) in [7, 11) is -7.57. The molecule has 0 radical (unpaired) electrons. The highest BCUT2D eigenvalue weighted by atomic mass is 127. The maximum absolute atomic E-state index is 12.2. The fourth-order valence-corrected chi connectivity index (χ4v) is 3.78. The number of hydrogen-bond acceptors (Lipinski definition) is 5. The molecule has 0 fully saturated rings. The van der Waals surface area contributed by atoms with Crippen LogP contribution in [0, 0.1) is 3.57 Å². The fourth-order valence-electron chi connectivity index (χ4n) is 1.55. The van der Waals surface area contributed by atoms with E-state index in [0.29, 0.717) is 0 Å². The summed E-state index contributed by atoms with van der Waals surface area (Å²) in [6.07, 6.45) is 1.01. The van der Waals surface area contributed by atoms with Gasteiger partial charge in [-0.2, -0.15) is 8.42 Å². The van der Waals surface area contributed by atoms with E-state index < -0.39 is 20.0 Å². The highest BCUT2D eigenvalue weighted by Gasteiger charge is 2.19. The lowest BCUT2D eigenvalue weighted by atomic mass is 10.3. The number of hydrogen-bond donors (Lipinski definition) is 0. The maximum Gasteiger partial charge on any atom is 0.339 e. The van der Waals surface area contributed by atoms with E-state index in [0.717, 1.165) is 15.9 Å². The minimum Gasteiger partial charge on any atom is -0.379 e. The van der Waals surface area contributed by atoms with Crippen LogP contribution in [0.25, 0.3) is 0 Å². The smallest absolute Gasteiger partial charge is 0.339 e. The molecule has 0 heterocycles. The summed E-state index contributed by atoms with van der Waals surface area (Å²) in [5, 5.41) is 0. The molecule has 2 aromatic rings. The van der Waals surface area contributed by atoms with Crippen LogP contribution in [0.3, 0.4) is 0 Å². The molecule has 0 aliphatic carbocycles. The van der Waals surface area contributed by atoms with Crippen molar-refractivity contribution in [2.24, 2.45) is 0 Å². The van der Waals surface area contributed by atoms with Crippen LogP contribution >= 0.6 is 22.6 Å². The third kappa shape index (κ3) is 4.17. The van der Waals surface area contributed by atoms with Gasteiger partial charge in [-0.15, -0.1) is 0 Å². The van der Waals surface area contributed by atoms with Gasteiger partial charge in [-0.05, 0) is 59.0 Å². The summed E-state index contributed by atoms with van der Waals surface area (Å²) >= 11 is 2.03. The third-order valence-corrected chi connectivity index (χ3v) is 5.55. The summed E-state index contributed by atoms with van der Waals surface area (Å²) in [5.41, 5.74) is 0. The normalized spacial score (nSPS) is 12.1. The van der Waals surface area contributed by atoms with Crippen LogP contribution in [0.5, 0.6) is 5.75 Å². The van der Waals surface area contributed by atoms with E-state index in [4.69, 9.17) is 4.18 Å². The summed E-state index contributed by atoms with van der Waals surface area (Å²) in [6, 6.07) is 11.6. The Kier molecular flexibility index (Phi) is 4.59. The second-order valence-corrected chi connectivity index (χ2v) is 9.05. The topological polar surface area (TPSA) is 77.5 Å². The van der Waals surface area contributed by atoms with E-state index >= 15 is 0 Å². The van der Waals surface area contributed by atoms with Crippen molar-refractivity contribution in [1.29, 1.82) is 0 Å². The fraction of sp³-hybridized carbons (Fsp3) is 0.0769. The molecule has 0 aromatic heterocycles. The Morgan fingerprint density at radius 1 is 0.905 bits per heavy atom. The molecule has 8 heteroatoms. The van der Waals surface area contributed by atoms with E-state index in [1.165, 1.54) is 24.3 Å². The Labute approximate surface area is 137 Å². The molecule has 0 spiro atoms. The maximum atomic E-state index is 12.2. The highest BCUT2D eigenvalue weighted by molar-refractivity contribution is 14.1. The predicted octanol–water partition coefficient (Wildman–Crippen LogP) is 2.46. The molecule has 2 aromatic carbocycles. The molecule has 0 N–H and O–H groups in total. The first-order valence-corrected chi connectivity index (χ1v) is 10.1. The minimum atomic E-state index is -4.08. The van der Waals surface area contributed by atoms with Crippen LogP contribution in [0.4, 0.5) is 0 Å². The number of halogens is 1. The van der Waals surface area contributed by atoms with E-state index in [9.17, 15) is 16.8 Å². The minimum absolute atomic E-state index is 0.0742. The van der Waals surface area contributed by atoms with E-state index in [1.54, 1.807) is 18.2 Å². The number of rotatable bonds is 4. The number of benzene rings is 2. The van der Waals surface area contributed by atoms with Crippen molar-refractivity contribution in [2.75, 3.05) is 6.26 Å². The van der Waals surface area contributed by atoms with Crippen LogP contribution in [0.15, 0.2) is 58.3 Å². The van der Waals surface area contributed by atoms with Crippen molar-refractivity contribution in [1.82, 2.24) is 0 Å². The lowest BCUT2D eigenvalue weighted by Gasteiger charge is -2.08. The Hall–Kier alpha value is -1.13. The first-order valence-electron chi connectivity index (χ1n) is 5.69. The van der Waals surface area contributed by atoms with Crippen molar-refractivity contribution in [3.63, 3.8) is 0 Å². The van der Waals surface area contributed by atoms with Gasteiger partial charge >= 0.3 is 10.1 Å². The van der Waals surface area contributed by atoms with Crippen LogP contribution in [0.1, 0.15) is 0 Å². The average molecular weight is 438 g/mol. The van der Waals surface area contributed by atoms with Gasteiger partial charge in [0.25, 0.3) is 0 Å². The van der Waals surface area contributed by atoms with Gasteiger partial charge in [0.15, 0.2) is 9.84 Å². The predicted molar refractivity (Wildman–Crippen MR) is 86.5 cm³/mol. The molecule has 0 amide bonds. The Bertz CT molecular complexity index is 873. The molecule has 0 atom stereocenters. The van der Waals surface area contributed by atoms with Gasteiger partial charge in [0.05, 0.1) is 4.90 Å². The Balaban J connectivity index is 2.41. The molecular weight excluding hydrogens is 427 g/mol. The van der Waals surface area contributed by atoms with Gasteiger partial charge in [-0.1, -0.05) is 12.1 Å². The molecule has 0 aliphatic heterocycles. The highest BCUT2D eigenvalue weighted by Crippen LogP contribution is 2.22. The van der Waals surface area contributed by atoms with Gasteiger partial charge in [0.2, 0.25) is 0 Å². The van der Waals surface area contributed by atoms with Crippen molar-refractivity contribution in [2.45, 2.75) is 9.79 Å². The molecule has 21 heavy (non-hydrogen) atoms. The zero-order valence-corrected chi connectivity index (χ0v) is 14.6. The van der Waals surface area contributed by atoms with Gasteiger partial charge in [0.1, 0.15) is 10.6 Å². The molecule has 2 rings (SSSR count). The third-order valence-electron chi connectivity index (χ3n) is 2.52. The van der Waals surface area contributed by atoms with Crippen molar-refractivity contribution in [3.05, 3.63) is 52.1 Å². The zero-order valence-electron chi connectivity index (χ0n) is 10.9. The van der Waals surface area contributed by atoms with E-state index in [-0.39, 0.29) is 15.5 Å². The number of sulfone groups is 1. The molecule has 112 valence electrons. The Morgan fingerprint density at radius 2 is 1.52 bits per heavy atom. The molecule has 0 bridgehead atoms. The van der Waals surface area contributed by atoms with Crippen LogP contribution in [-0.4, -0.2) is 23.1 Å². The standard InChI is InChI=1S/C13H11IO5S2/c1-20(15,16)12-6-3-7-13(9-12)21(17,18)19-11-5-2-4-10(14)8-11/h2-9H,1H3. The largest absolute Gasteiger partial charge is 0.379 e. The quantitative estimate of drug-likeness (QED) is 0.542. The summed E-state index contributed by atoms with van der Waals surface area (Å²) in [6.45, 7) is 0. The van der Waals surface area contributed by atoms with Gasteiger partial charge in [-0.3, -0.25) is 0 Å². The molecule has 5 nitrogen and oxygen atoms in total. The second-order valence-electron chi connectivity index (χ2n) is 4.24. The van der Waals surface area contributed by atoms with Crippen LogP contribution in [-0.2, 0) is 20.0 Å². The lowest BCUT2D eigenvalue weighted by Crippen LogP contribution is -2.10. The van der Waals surface area contributed by atoms with Crippen LogP contribution < -0.4 is 4.18 Å². The van der Waals surface area contributed by atoms with Gasteiger partial charge < -0.3 is 4.18 Å². The van der Waals surface area contributed by atoms with Gasteiger partial charge in [0, 0.05) is 9.83 Å². The SMILES string of the molecule is CS(=O)(=O)c1cccc(S(=O)(=O)Oc2cccc(I)c2)c1. The van der Waals surface area contributed by atoms with Crippen molar-refractivity contribution < 1.29 is 21.0 Å². The lowest BCUT2D eigenvalue weighted by molar-refractivity contribution is 0.485. The van der Waals surface area contributed by atoms with Crippen LogP contribution in [0.2, 0.25) is 0 Å².